The van der Waals surface area contributed by atoms with E-state index >= 15 is 0 Å². The van der Waals surface area contributed by atoms with E-state index in [2.05, 4.69) is 13.8 Å². The number of hydrogen-bond acceptors (Lipinski definition) is 3. The number of esters is 1. The first-order chi connectivity index (χ1) is 15.4. The van der Waals surface area contributed by atoms with Gasteiger partial charge in [-0.25, -0.2) is 13.6 Å². The predicted octanol–water partition coefficient (Wildman–Crippen LogP) is 7.82. The molecule has 180 valence electrons. The first-order valence-electron chi connectivity index (χ1n) is 12.7. The Kier molecular flexibility index (Phi) is 9.36. The molecule has 2 saturated carbocycles. The van der Waals surface area contributed by atoms with Gasteiger partial charge in [-0.15, -0.1) is 0 Å². The van der Waals surface area contributed by atoms with Crippen molar-refractivity contribution < 1.29 is 23.0 Å². The fraction of sp³-hybridized carbons (Fsp3) is 0.741. The molecule has 2 unspecified atom stereocenters. The molecule has 0 N–H and O–H groups in total. The number of rotatable bonds is 10. The maximum atomic E-state index is 14.9. The lowest BCUT2D eigenvalue weighted by Crippen LogP contribution is -2.42. The van der Waals surface area contributed by atoms with Crippen LogP contribution in [-0.4, -0.2) is 24.6 Å². The van der Waals surface area contributed by atoms with E-state index in [1.807, 2.05) is 0 Å². The number of ether oxygens (including phenoxy) is 2. The van der Waals surface area contributed by atoms with E-state index in [-0.39, 0.29) is 30.3 Å². The second-order valence-electron chi connectivity index (χ2n) is 9.83. The van der Waals surface area contributed by atoms with E-state index in [4.69, 9.17) is 9.47 Å². The lowest BCUT2D eigenvalue weighted by Gasteiger charge is -2.42. The summed E-state index contributed by atoms with van der Waals surface area (Å²) in [4.78, 5) is 12.5. The Morgan fingerprint density at radius 3 is 2.28 bits per heavy atom. The Morgan fingerprint density at radius 1 is 0.969 bits per heavy atom. The van der Waals surface area contributed by atoms with Gasteiger partial charge in [-0.2, -0.15) is 0 Å². The largest absolute Gasteiger partial charge is 0.494 e. The van der Waals surface area contributed by atoms with Crippen molar-refractivity contribution in [3.63, 3.8) is 0 Å². The molecule has 0 amide bonds. The average molecular weight is 451 g/mol. The molecule has 0 spiro atoms. The van der Waals surface area contributed by atoms with Crippen LogP contribution in [0.5, 0.6) is 5.75 Å². The van der Waals surface area contributed by atoms with Gasteiger partial charge in [-0.3, -0.25) is 0 Å². The fourth-order valence-electron chi connectivity index (χ4n) is 5.43. The Morgan fingerprint density at radius 2 is 1.66 bits per heavy atom. The first kappa shape index (κ1) is 25.0. The van der Waals surface area contributed by atoms with Gasteiger partial charge in [0.25, 0.3) is 5.92 Å². The van der Waals surface area contributed by atoms with Crippen LogP contribution in [0.25, 0.3) is 0 Å². The molecule has 0 heterocycles. The zero-order chi connectivity index (χ0) is 23.0. The lowest BCUT2D eigenvalue weighted by molar-refractivity contribution is -0.130. The van der Waals surface area contributed by atoms with Crippen LogP contribution in [0.15, 0.2) is 24.3 Å². The van der Waals surface area contributed by atoms with Crippen LogP contribution in [0.4, 0.5) is 8.78 Å². The van der Waals surface area contributed by atoms with E-state index in [9.17, 15) is 13.6 Å². The van der Waals surface area contributed by atoms with Gasteiger partial charge in [0.15, 0.2) is 0 Å². The predicted molar refractivity (Wildman–Crippen MR) is 123 cm³/mol. The summed E-state index contributed by atoms with van der Waals surface area (Å²) in [6.07, 6.45) is 9.42. The maximum Gasteiger partial charge on any atom is 0.338 e. The summed E-state index contributed by atoms with van der Waals surface area (Å²) in [5, 5.41) is 0. The van der Waals surface area contributed by atoms with Gasteiger partial charge in [0, 0.05) is 12.3 Å². The zero-order valence-electron chi connectivity index (χ0n) is 19.8. The van der Waals surface area contributed by atoms with Crippen molar-refractivity contribution in [1.82, 2.24) is 0 Å². The van der Waals surface area contributed by atoms with Crippen LogP contribution >= 0.6 is 0 Å². The zero-order valence-corrected chi connectivity index (χ0v) is 19.8. The molecule has 1 aromatic carbocycles. The van der Waals surface area contributed by atoms with Gasteiger partial charge in [0.1, 0.15) is 11.9 Å². The van der Waals surface area contributed by atoms with Gasteiger partial charge >= 0.3 is 5.97 Å². The van der Waals surface area contributed by atoms with Gasteiger partial charge in [-0.05, 0) is 81.0 Å². The molecule has 3 nitrogen and oxygen atoms in total. The quantitative estimate of drug-likeness (QED) is 0.269. The third-order valence-electron chi connectivity index (χ3n) is 7.37. The van der Waals surface area contributed by atoms with E-state index in [0.29, 0.717) is 31.4 Å². The van der Waals surface area contributed by atoms with Crippen LogP contribution in [0.2, 0.25) is 0 Å². The molecule has 2 aliphatic carbocycles. The first-order valence-corrected chi connectivity index (χ1v) is 12.7. The molecule has 5 heteroatoms. The van der Waals surface area contributed by atoms with E-state index in [1.165, 1.54) is 0 Å². The van der Waals surface area contributed by atoms with E-state index in [1.54, 1.807) is 24.3 Å². The van der Waals surface area contributed by atoms with Crippen LogP contribution < -0.4 is 4.74 Å². The molecule has 0 radical (unpaired) electrons. The van der Waals surface area contributed by atoms with E-state index in [0.717, 1.165) is 57.1 Å². The second-order valence-corrected chi connectivity index (χ2v) is 9.83. The summed E-state index contributed by atoms with van der Waals surface area (Å²) in [7, 11) is 0. The molecule has 0 aliphatic heterocycles. The Hall–Kier alpha value is -1.65. The fourth-order valence-corrected chi connectivity index (χ4v) is 5.43. The molecular formula is C27H40F2O3. The Bertz CT molecular complexity index is 695. The Balaban J connectivity index is 1.44. The second kappa shape index (κ2) is 12.0. The third kappa shape index (κ3) is 6.92. The number of alkyl halides is 2. The molecule has 3 rings (SSSR count). The van der Waals surface area contributed by atoms with E-state index < -0.39 is 11.8 Å². The minimum Gasteiger partial charge on any atom is -0.494 e. The van der Waals surface area contributed by atoms with Gasteiger partial charge in [0.05, 0.1) is 12.2 Å². The smallest absolute Gasteiger partial charge is 0.338 e. The lowest BCUT2D eigenvalue weighted by atomic mass is 9.68. The normalized spacial score (nSPS) is 27.6. The molecule has 0 saturated heterocycles. The van der Waals surface area contributed by atoms with Crippen molar-refractivity contribution in [2.75, 3.05) is 6.61 Å². The number of carbonyl (C=O) groups excluding carboxylic acids is 1. The summed E-state index contributed by atoms with van der Waals surface area (Å²) >= 11 is 0. The maximum absolute atomic E-state index is 14.9. The highest BCUT2D eigenvalue weighted by Gasteiger charge is 2.48. The molecule has 2 aliphatic rings. The molecular weight excluding hydrogens is 410 g/mol. The number of carbonyl (C=O) groups is 1. The van der Waals surface area contributed by atoms with Crippen molar-refractivity contribution in [3.05, 3.63) is 29.8 Å². The molecule has 1 aromatic rings. The highest BCUT2D eigenvalue weighted by atomic mass is 19.3. The summed E-state index contributed by atoms with van der Waals surface area (Å²) < 4.78 is 41.1. The topological polar surface area (TPSA) is 35.5 Å². The minimum absolute atomic E-state index is 0.0478. The summed E-state index contributed by atoms with van der Waals surface area (Å²) in [5.41, 5.74) is 0.506. The monoisotopic (exact) mass is 450 g/mol. The minimum atomic E-state index is -2.55. The highest BCUT2D eigenvalue weighted by molar-refractivity contribution is 5.89. The highest BCUT2D eigenvalue weighted by Crippen LogP contribution is 2.49. The van der Waals surface area contributed by atoms with Crippen molar-refractivity contribution in [2.45, 2.75) is 103 Å². The van der Waals surface area contributed by atoms with Crippen molar-refractivity contribution in [3.8, 4) is 5.75 Å². The van der Waals surface area contributed by atoms with Crippen molar-refractivity contribution in [2.24, 2.45) is 17.8 Å². The number of halogens is 2. The molecule has 0 bridgehead atoms. The van der Waals surface area contributed by atoms with Gasteiger partial charge < -0.3 is 9.47 Å². The standard InChI is InChI=1S/C27H40F2O3/c1-3-5-7-20-8-17-25(27(28,29)19-20)21-9-15-24(16-10-21)32-26(30)22-11-13-23(14-12-22)31-18-6-4-2/h11-14,20-21,24-25H,3-10,15-19H2,1-2H3. The van der Waals surface area contributed by atoms with Crippen LogP contribution in [0, 0.1) is 17.8 Å². The molecule has 2 atom stereocenters. The molecule has 2 fully saturated rings. The summed E-state index contributed by atoms with van der Waals surface area (Å²) in [6.45, 7) is 4.90. The van der Waals surface area contributed by atoms with Gasteiger partial charge in [0.2, 0.25) is 0 Å². The van der Waals surface area contributed by atoms with Crippen LogP contribution in [0.3, 0.4) is 0 Å². The number of benzene rings is 1. The number of unbranched alkanes of at least 4 members (excludes halogenated alkanes) is 2. The molecule has 0 aromatic heterocycles. The van der Waals surface area contributed by atoms with Crippen molar-refractivity contribution >= 4 is 5.97 Å². The number of hydrogen-bond donors (Lipinski definition) is 0. The van der Waals surface area contributed by atoms with Crippen molar-refractivity contribution in [1.29, 1.82) is 0 Å². The average Bonchev–Trinajstić information content (AvgIpc) is 2.78. The van der Waals surface area contributed by atoms with Crippen LogP contribution in [-0.2, 0) is 4.74 Å². The SMILES string of the molecule is CCCCOc1ccc(C(=O)OC2CCC(C3CCC(CCCC)CC3(F)F)CC2)cc1. The molecule has 32 heavy (non-hydrogen) atoms. The summed E-state index contributed by atoms with van der Waals surface area (Å²) in [5.74, 6) is -2.41. The van der Waals surface area contributed by atoms with Crippen LogP contribution in [0.1, 0.15) is 101 Å². The third-order valence-corrected chi connectivity index (χ3v) is 7.37. The Labute approximate surface area is 192 Å². The summed E-state index contributed by atoms with van der Waals surface area (Å²) in [6, 6.07) is 7.05. The van der Waals surface area contributed by atoms with Gasteiger partial charge in [-0.1, -0.05) is 39.5 Å².